The molecule has 3 unspecified atom stereocenters. The highest BCUT2D eigenvalue weighted by atomic mass is 32.2. The Bertz CT molecular complexity index is 272. The van der Waals surface area contributed by atoms with Gasteiger partial charge in [-0.3, -0.25) is 4.79 Å². The van der Waals surface area contributed by atoms with E-state index in [9.17, 15) is 4.79 Å². The molecule has 2 aliphatic heterocycles. The lowest BCUT2D eigenvalue weighted by molar-refractivity contribution is -0.129. The Labute approximate surface area is 109 Å². The zero-order valence-electron chi connectivity index (χ0n) is 10.9. The van der Waals surface area contributed by atoms with E-state index in [0.717, 1.165) is 12.3 Å². The van der Waals surface area contributed by atoms with E-state index in [4.69, 9.17) is 0 Å². The van der Waals surface area contributed by atoms with Crippen LogP contribution in [0.1, 0.15) is 39.5 Å². The van der Waals surface area contributed by atoms with Crippen molar-refractivity contribution < 1.29 is 4.79 Å². The van der Waals surface area contributed by atoms with Crippen molar-refractivity contribution in [2.45, 2.75) is 57.7 Å². The Hall–Kier alpha value is -0.220. The third-order valence-corrected chi connectivity index (χ3v) is 4.94. The zero-order valence-corrected chi connectivity index (χ0v) is 11.8. The van der Waals surface area contributed by atoms with E-state index in [0.29, 0.717) is 30.5 Å². The van der Waals surface area contributed by atoms with Crippen molar-refractivity contribution in [3.63, 3.8) is 0 Å². The first-order chi connectivity index (χ1) is 8.22. The van der Waals surface area contributed by atoms with E-state index in [1.165, 1.54) is 25.0 Å². The molecule has 0 saturated carbocycles. The summed E-state index contributed by atoms with van der Waals surface area (Å²) < 4.78 is 0. The monoisotopic (exact) mass is 256 g/mol. The fraction of sp³-hybridized carbons (Fsp3) is 0.923. The molecule has 3 atom stereocenters. The SMILES string of the molecule is CCSCC(C)NC1CC(=O)N2CCCCC12. The first-order valence-electron chi connectivity index (χ1n) is 6.85. The Morgan fingerprint density at radius 3 is 3.12 bits per heavy atom. The molecule has 17 heavy (non-hydrogen) atoms. The minimum atomic E-state index is 0.363. The van der Waals surface area contributed by atoms with Gasteiger partial charge in [0.1, 0.15) is 0 Å². The molecule has 0 aromatic heterocycles. The van der Waals surface area contributed by atoms with Crippen LogP contribution < -0.4 is 5.32 Å². The molecule has 0 spiro atoms. The van der Waals surface area contributed by atoms with Gasteiger partial charge in [0.2, 0.25) is 5.91 Å². The molecule has 3 nitrogen and oxygen atoms in total. The molecule has 0 bridgehead atoms. The van der Waals surface area contributed by atoms with E-state index in [-0.39, 0.29) is 0 Å². The average molecular weight is 256 g/mol. The van der Waals surface area contributed by atoms with Gasteiger partial charge in [0.15, 0.2) is 0 Å². The van der Waals surface area contributed by atoms with Gasteiger partial charge in [0.25, 0.3) is 0 Å². The molecule has 2 aliphatic rings. The van der Waals surface area contributed by atoms with Gasteiger partial charge in [-0.2, -0.15) is 11.8 Å². The van der Waals surface area contributed by atoms with Crippen LogP contribution in [0, 0.1) is 0 Å². The largest absolute Gasteiger partial charge is 0.338 e. The van der Waals surface area contributed by atoms with Crippen molar-refractivity contribution in [3.8, 4) is 0 Å². The van der Waals surface area contributed by atoms with Crippen molar-refractivity contribution in [3.05, 3.63) is 0 Å². The molecule has 0 aromatic rings. The second-order valence-electron chi connectivity index (χ2n) is 5.19. The summed E-state index contributed by atoms with van der Waals surface area (Å²) in [7, 11) is 0. The van der Waals surface area contributed by atoms with E-state index in [2.05, 4.69) is 24.1 Å². The normalized spacial score (nSPS) is 30.5. The second kappa shape index (κ2) is 6.10. The summed E-state index contributed by atoms with van der Waals surface area (Å²) in [6.45, 7) is 5.41. The minimum Gasteiger partial charge on any atom is -0.338 e. The predicted molar refractivity (Wildman–Crippen MR) is 73.4 cm³/mol. The highest BCUT2D eigenvalue weighted by Gasteiger charge is 2.40. The number of rotatable bonds is 5. The zero-order chi connectivity index (χ0) is 12.3. The molecule has 0 aliphatic carbocycles. The molecule has 4 heteroatoms. The molecular formula is C13H24N2OS. The quantitative estimate of drug-likeness (QED) is 0.815. The van der Waals surface area contributed by atoms with Crippen molar-refractivity contribution in [2.75, 3.05) is 18.1 Å². The Morgan fingerprint density at radius 2 is 2.35 bits per heavy atom. The number of nitrogens with one attached hydrogen (secondary N) is 1. The first-order valence-corrected chi connectivity index (χ1v) is 8.01. The van der Waals surface area contributed by atoms with Gasteiger partial charge in [-0.25, -0.2) is 0 Å². The molecule has 1 amide bonds. The number of carbonyl (C=O) groups excluding carboxylic acids is 1. The van der Waals surface area contributed by atoms with Crippen LogP contribution in [0.15, 0.2) is 0 Å². The van der Waals surface area contributed by atoms with Gasteiger partial charge in [0, 0.05) is 36.8 Å². The molecule has 0 radical (unpaired) electrons. The van der Waals surface area contributed by atoms with Crippen LogP contribution >= 0.6 is 11.8 Å². The minimum absolute atomic E-state index is 0.363. The van der Waals surface area contributed by atoms with Gasteiger partial charge in [-0.05, 0) is 31.9 Å². The lowest BCUT2D eigenvalue weighted by atomic mass is 9.98. The topological polar surface area (TPSA) is 32.3 Å². The number of carbonyl (C=O) groups is 1. The fourth-order valence-corrected chi connectivity index (χ4v) is 3.69. The maximum Gasteiger partial charge on any atom is 0.224 e. The molecule has 2 heterocycles. The van der Waals surface area contributed by atoms with Crippen LogP contribution in [-0.4, -0.2) is 47.0 Å². The fourth-order valence-electron chi connectivity index (χ4n) is 3.00. The predicted octanol–water partition coefficient (Wildman–Crippen LogP) is 1.87. The van der Waals surface area contributed by atoms with E-state index < -0.39 is 0 Å². The van der Waals surface area contributed by atoms with E-state index in [1.807, 2.05) is 11.8 Å². The molecular weight excluding hydrogens is 232 g/mol. The first kappa shape index (κ1) is 13.2. The summed E-state index contributed by atoms with van der Waals surface area (Å²) in [5.41, 5.74) is 0. The number of nitrogens with zero attached hydrogens (tertiary/aromatic N) is 1. The summed E-state index contributed by atoms with van der Waals surface area (Å²) in [6, 6.07) is 1.39. The number of piperidine rings is 1. The summed E-state index contributed by atoms with van der Waals surface area (Å²) >= 11 is 1.97. The van der Waals surface area contributed by atoms with Crippen LogP contribution in [0.4, 0.5) is 0 Å². The van der Waals surface area contributed by atoms with Crippen molar-refractivity contribution in [1.29, 1.82) is 0 Å². The van der Waals surface area contributed by atoms with Gasteiger partial charge >= 0.3 is 0 Å². The van der Waals surface area contributed by atoms with Crippen molar-refractivity contribution in [1.82, 2.24) is 10.2 Å². The lowest BCUT2D eigenvalue weighted by Crippen LogP contribution is -2.48. The number of amides is 1. The third kappa shape index (κ3) is 3.16. The standard InChI is InChI=1S/C13H24N2OS/c1-3-17-9-10(2)14-11-8-13(16)15-7-5-4-6-12(11)15/h10-12,14H,3-9H2,1-2H3. The molecule has 1 N–H and O–H groups in total. The van der Waals surface area contributed by atoms with Crippen molar-refractivity contribution >= 4 is 17.7 Å². The van der Waals surface area contributed by atoms with Gasteiger partial charge < -0.3 is 10.2 Å². The number of fused-ring (bicyclic) bond motifs is 1. The summed E-state index contributed by atoms with van der Waals surface area (Å²) in [5.74, 6) is 2.68. The number of thioether (sulfide) groups is 1. The Morgan fingerprint density at radius 1 is 1.53 bits per heavy atom. The van der Waals surface area contributed by atoms with Crippen molar-refractivity contribution in [2.24, 2.45) is 0 Å². The number of hydrogen-bond donors (Lipinski definition) is 1. The van der Waals surface area contributed by atoms with Crippen LogP contribution in [0.2, 0.25) is 0 Å². The summed E-state index contributed by atoms with van der Waals surface area (Å²) in [6.07, 6.45) is 4.38. The van der Waals surface area contributed by atoms with E-state index >= 15 is 0 Å². The van der Waals surface area contributed by atoms with Crippen LogP contribution in [-0.2, 0) is 4.79 Å². The summed E-state index contributed by atoms with van der Waals surface area (Å²) in [5, 5.41) is 3.66. The van der Waals surface area contributed by atoms with Gasteiger partial charge in [0.05, 0.1) is 0 Å². The van der Waals surface area contributed by atoms with Crippen LogP contribution in [0.3, 0.4) is 0 Å². The van der Waals surface area contributed by atoms with Gasteiger partial charge in [-0.15, -0.1) is 0 Å². The average Bonchev–Trinajstić information content (AvgIpc) is 2.65. The smallest absolute Gasteiger partial charge is 0.224 e. The molecule has 0 aromatic carbocycles. The lowest BCUT2D eigenvalue weighted by Gasteiger charge is -2.33. The third-order valence-electron chi connectivity index (χ3n) is 3.80. The summed E-state index contributed by atoms with van der Waals surface area (Å²) in [4.78, 5) is 14.0. The van der Waals surface area contributed by atoms with Gasteiger partial charge in [-0.1, -0.05) is 6.92 Å². The highest BCUT2D eigenvalue weighted by molar-refractivity contribution is 7.99. The Balaban J connectivity index is 1.86. The van der Waals surface area contributed by atoms with Crippen LogP contribution in [0.5, 0.6) is 0 Å². The number of hydrogen-bond acceptors (Lipinski definition) is 3. The van der Waals surface area contributed by atoms with Crippen LogP contribution in [0.25, 0.3) is 0 Å². The highest BCUT2D eigenvalue weighted by Crippen LogP contribution is 2.28. The Kier molecular flexibility index (Phi) is 4.74. The van der Waals surface area contributed by atoms with E-state index in [1.54, 1.807) is 0 Å². The molecule has 98 valence electrons. The molecule has 2 rings (SSSR count). The second-order valence-corrected chi connectivity index (χ2v) is 6.51. The maximum atomic E-state index is 11.9. The maximum absolute atomic E-state index is 11.9. The molecule has 2 saturated heterocycles. The molecule has 2 fully saturated rings.